The third-order valence-corrected chi connectivity index (χ3v) is 7.86. The molecule has 0 bridgehead atoms. The van der Waals surface area contributed by atoms with Crippen molar-refractivity contribution in [1.82, 2.24) is 19.7 Å². The monoisotopic (exact) mass is 599 g/mol. The van der Waals surface area contributed by atoms with Gasteiger partial charge in [0.05, 0.1) is 18.8 Å². The summed E-state index contributed by atoms with van der Waals surface area (Å²) in [6.45, 7) is 17.0. The van der Waals surface area contributed by atoms with Gasteiger partial charge in [0.15, 0.2) is 17.9 Å². The Bertz CT molecular complexity index is 1150. The second-order valence-electron chi connectivity index (χ2n) is 12.5. The van der Waals surface area contributed by atoms with Crippen molar-refractivity contribution in [3.8, 4) is 5.75 Å². The first-order valence-electron chi connectivity index (χ1n) is 15.7. The summed E-state index contributed by atoms with van der Waals surface area (Å²) >= 11 is 0. The summed E-state index contributed by atoms with van der Waals surface area (Å²) in [4.78, 5) is 26.8. The quantitative estimate of drug-likeness (QED) is 0.300. The maximum Gasteiger partial charge on any atom is 0.223 e. The van der Waals surface area contributed by atoms with Crippen LogP contribution in [0.3, 0.4) is 0 Å². The number of nitrogens with zero attached hydrogens (tertiary/aromatic N) is 5. The average Bonchev–Trinajstić information content (AvgIpc) is 2.93. The summed E-state index contributed by atoms with van der Waals surface area (Å²) in [7, 11) is 2.15. The fourth-order valence-corrected chi connectivity index (χ4v) is 5.47. The van der Waals surface area contributed by atoms with Gasteiger partial charge in [-0.05, 0) is 77.9 Å². The van der Waals surface area contributed by atoms with Crippen LogP contribution >= 0.6 is 0 Å². The molecule has 0 unspecified atom stereocenters. The molecule has 0 atom stereocenters. The summed E-state index contributed by atoms with van der Waals surface area (Å²) in [5.41, 5.74) is 1.42. The first kappa shape index (κ1) is 33.1. The normalized spacial score (nSPS) is 16.9. The minimum atomic E-state index is -0.549. The maximum absolute atomic E-state index is 14.9. The zero-order valence-electron chi connectivity index (χ0n) is 26.9. The number of likely N-dealkylation sites (N-methyl/N-ethyl adjacent to an activating group) is 1. The number of hydrogen-bond acceptors (Lipinski definition) is 8. The molecule has 4 rings (SSSR count). The van der Waals surface area contributed by atoms with Crippen molar-refractivity contribution in [2.45, 2.75) is 71.9 Å². The molecule has 2 saturated heterocycles. The highest BCUT2D eigenvalue weighted by molar-refractivity contribution is 5.76. The number of piperazine rings is 1. The van der Waals surface area contributed by atoms with Gasteiger partial charge in [0.25, 0.3) is 0 Å². The number of rotatable bonds is 14. The Morgan fingerprint density at radius 2 is 1.67 bits per heavy atom. The molecule has 3 heterocycles. The second-order valence-corrected chi connectivity index (χ2v) is 12.5. The minimum absolute atomic E-state index is 0.0359. The number of amides is 1. The Morgan fingerprint density at radius 3 is 2.28 bits per heavy atom. The summed E-state index contributed by atoms with van der Waals surface area (Å²) in [6, 6.07) is 11.4. The molecule has 238 valence electrons. The predicted molar refractivity (Wildman–Crippen MR) is 167 cm³/mol. The number of halogens is 1. The van der Waals surface area contributed by atoms with Crippen LogP contribution in [0.1, 0.15) is 52.3 Å². The standard InChI is InChI=1S/C33H50FN5O4/c1-7-41-31(42-8-2)24-38(30(40)16-11-25-9-13-28(14-10-25)43-33(3,4)5)21-26-12-15-29(34)32(35-26)39-22-27(23-39)37-19-17-36(6)18-20-37/h9-10,12-15,27,31H,7-8,11,16-24H2,1-6H3. The van der Waals surface area contributed by atoms with Crippen molar-refractivity contribution in [2.24, 2.45) is 0 Å². The fraction of sp³-hybridized carbons (Fsp3) is 0.636. The van der Waals surface area contributed by atoms with Crippen LogP contribution in [0.2, 0.25) is 0 Å². The summed E-state index contributed by atoms with van der Waals surface area (Å²) in [5, 5.41) is 0. The molecule has 0 spiro atoms. The number of aromatic nitrogens is 1. The van der Waals surface area contributed by atoms with Crippen molar-refractivity contribution < 1.29 is 23.4 Å². The molecule has 2 aromatic rings. The zero-order valence-corrected chi connectivity index (χ0v) is 26.9. The molecule has 1 aromatic carbocycles. The van der Waals surface area contributed by atoms with Crippen LogP contribution in [0.25, 0.3) is 0 Å². The van der Waals surface area contributed by atoms with Crippen molar-refractivity contribution in [1.29, 1.82) is 0 Å². The van der Waals surface area contributed by atoms with E-state index < -0.39 is 6.29 Å². The highest BCUT2D eigenvalue weighted by Crippen LogP contribution is 2.26. The molecule has 10 heteroatoms. The highest BCUT2D eigenvalue weighted by atomic mass is 19.1. The Labute approximate surface area is 256 Å². The number of anilines is 1. The number of pyridine rings is 1. The topological polar surface area (TPSA) is 70.6 Å². The molecular weight excluding hydrogens is 549 g/mol. The molecule has 1 amide bonds. The van der Waals surface area contributed by atoms with E-state index in [1.165, 1.54) is 6.07 Å². The number of ether oxygens (including phenoxy) is 3. The Kier molecular flexibility index (Phi) is 11.8. The van der Waals surface area contributed by atoms with E-state index in [-0.39, 0.29) is 30.4 Å². The smallest absolute Gasteiger partial charge is 0.223 e. The number of hydrogen-bond donors (Lipinski definition) is 0. The van der Waals surface area contributed by atoms with Gasteiger partial charge in [0, 0.05) is 64.9 Å². The molecule has 0 saturated carbocycles. The minimum Gasteiger partial charge on any atom is -0.488 e. The van der Waals surface area contributed by atoms with Crippen molar-refractivity contribution in [3.63, 3.8) is 0 Å². The van der Waals surface area contributed by atoms with Crippen LogP contribution < -0.4 is 9.64 Å². The van der Waals surface area contributed by atoms with Gasteiger partial charge < -0.3 is 28.9 Å². The van der Waals surface area contributed by atoms with E-state index in [2.05, 4.69) is 16.8 Å². The number of carbonyl (C=O) groups excluding carboxylic acids is 1. The summed E-state index contributed by atoms with van der Waals surface area (Å²) < 4.78 is 32.4. The number of benzene rings is 1. The molecule has 43 heavy (non-hydrogen) atoms. The van der Waals surface area contributed by atoms with E-state index in [9.17, 15) is 9.18 Å². The van der Waals surface area contributed by atoms with E-state index in [0.717, 1.165) is 50.6 Å². The van der Waals surface area contributed by atoms with Gasteiger partial charge in [-0.25, -0.2) is 9.37 Å². The van der Waals surface area contributed by atoms with Crippen molar-refractivity contribution in [2.75, 3.05) is 71.0 Å². The lowest BCUT2D eigenvalue weighted by atomic mass is 10.1. The van der Waals surface area contributed by atoms with Crippen LogP contribution in [0, 0.1) is 5.82 Å². The number of aryl methyl sites for hydroxylation is 1. The highest BCUT2D eigenvalue weighted by Gasteiger charge is 2.35. The molecule has 2 aliphatic rings. The van der Waals surface area contributed by atoms with E-state index in [1.54, 1.807) is 11.0 Å². The first-order valence-corrected chi connectivity index (χ1v) is 15.7. The van der Waals surface area contributed by atoms with Gasteiger partial charge in [0.2, 0.25) is 5.91 Å². The van der Waals surface area contributed by atoms with E-state index >= 15 is 0 Å². The van der Waals surface area contributed by atoms with Crippen LogP contribution in [0.5, 0.6) is 5.75 Å². The largest absolute Gasteiger partial charge is 0.488 e. The van der Waals surface area contributed by atoms with Gasteiger partial charge in [0.1, 0.15) is 11.4 Å². The molecular formula is C33H50FN5O4. The van der Waals surface area contributed by atoms with E-state index in [4.69, 9.17) is 19.2 Å². The zero-order chi connectivity index (χ0) is 31.0. The SMILES string of the molecule is CCOC(CN(Cc1ccc(F)c(N2CC(N3CCN(C)CC3)C2)n1)C(=O)CCc1ccc(OC(C)(C)C)cc1)OCC. The first-order chi connectivity index (χ1) is 20.5. The van der Waals surface area contributed by atoms with Gasteiger partial charge in [-0.1, -0.05) is 12.1 Å². The Hall–Kier alpha value is -2.79. The predicted octanol–water partition coefficient (Wildman–Crippen LogP) is 4.19. The second kappa shape index (κ2) is 15.3. The Balaban J connectivity index is 1.41. The van der Waals surface area contributed by atoms with Gasteiger partial charge in [-0.15, -0.1) is 0 Å². The summed E-state index contributed by atoms with van der Waals surface area (Å²) in [6.07, 6.45) is 0.354. The third-order valence-electron chi connectivity index (χ3n) is 7.86. The molecule has 0 N–H and O–H groups in total. The van der Waals surface area contributed by atoms with E-state index in [0.29, 0.717) is 43.6 Å². The molecule has 9 nitrogen and oxygen atoms in total. The molecule has 0 radical (unpaired) electrons. The van der Waals surface area contributed by atoms with Gasteiger partial charge in [-0.2, -0.15) is 0 Å². The fourth-order valence-electron chi connectivity index (χ4n) is 5.47. The van der Waals surface area contributed by atoms with Gasteiger partial charge in [-0.3, -0.25) is 9.69 Å². The lowest BCUT2D eigenvalue weighted by Gasteiger charge is -2.48. The van der Waals surface area contributed by atoms with E-state index in [1.807, 2.05) is 63.8 Å². The third kappa shape index (κ3) is 9.86. The van der Waals surface area contributed by atoms with Crippen molar-refractivity contribution in [3.05, 3.63) is 53.5 Å². The van der Waals surface area contributed by atoms with Gasteiger partial charge >= 0.3 is 0 Å². The lowest BCUT2D eigenvalue weighted by Crippen LogP contribution is -2.63. The average molecular weight is 600 g/mol. The number of carbonyl (C=O) groups is 1. The maximum atomic E-state index is 14.9. The summed E-state index contributed by atoms with van der Waals surface area (Å²) in [5.74, 6) is 0.791. The van der Waals surface area contributed by atoms with Crippen LogP contribution in [0.15, 0.2) is 36.4 Å². The van der Waals surface area contributed by atoms with Crippen LogP contribution in [-0.2, 0) is 27.2 Å². The lowest BCUT2D eigenvalue weighted by molar-refractivity contribution is -0.159. The van der Waals surface area contributed by atoms with Crippen LogP contribution in [-0.4, -0.2) is 110 Å². The van der Waals surface area contributed by atoms with Crippen LogP contribution in [0.4, 0.5) is 10.2 Å². The molecule has 2 aliphatic heterocycles. The van der Waals surface area contributed by atoms with Crippen molar-refractivity contribution >= 4 is 11.7 Å². The molecule has 2 fully saturated rings. The molecule has 1 aromatic heterocycles. The molecule has 0 aliphatic carbocycles. The Morgan fingerprint density at radius 1 is 1.02 bits per heavy atom.